The van der Waals surface area contributed by atoms with E-state index in [1.54, 1.807) is 42.6 Å². The summed E-state index contributed by atoms with van der Waals surface area (Å²) < 4.78 is 11.8. The Morgan fingerprint density at radius 2 is 2.13 bits per heavy atom. The Balaban J connectivity index is 1.90. The number of carbonyl (C=O) groups is 2. The molecule has 0 radical (unpaired) electrons. The topological polar surface area (TPSA) is 103 Å². The highest BCUT2D eigenvalue weighted by molar-refractivity contribution is 9.10. The maximum absolute atomic E-state index is 13.3. The molecule has 4 aromatic rings. The normalized spacial score (nSPS) is 10.9. The van der Waals surface area contributed by atoms with Gasteiger partial charge in [0.1, 0.15) is 5.00 Å². The molecule has 11 heteroatoms. The number of hydrogen-bond donors (Lipinski definition) is 1. The van der Waals surface area contributed by atoms with Gasteiger partial charge in [0, 0.05) is 15.8 Å². The third-order valence-corrected chi connectivity index (χ3v) is 5.75. The monoisotopic (exact) mass is 521 g/mol. The summed E-state index contributed by atoms with van der Waals surface area (Å²) in [6.45, 7) is 1.81. The summed E-state index contributed by atoms with van der Waals surface area (Å²) in [6.07, 6.45) is 0. The molecule has 8 nitrogen and oxygen atoms in total. The molecule has 1 aromatic carbocycles. The van der Waals surface area contributed by atoms with Crippen LogP contribution >= 0.6 is 38.9 Å². The number of aromatic nitrogens is 2. The maximum Gasteiger partial charge on any atom is 0.359 e. The molecule has 0 unspecified atom stereocenters. The van der Waals surface area contributed by atoms with Gasteiger partial charge in [0.25, 0.3) is 11.5 Å². The summed E-state index contributed by atoms with van der Waals surface area (Å²) >= 11 is 10.3. The number of anilines is 1. The van der Waals surface area contributed by atoms with Crippen molar-refractivity contribution in [1.29, 1.82) is 0 Å². The molecule has 4 rings (SSSR count). The SMILES string of the molecule is CCOC(=O)c1nn(-c2cccc(Cl)c2)c(=O)c2c(NC(=O)c3ccc(Br)o3)scc12. The Kier molecular flexibility index (Phi) is 5.94. The molecule has 0 aliphatic carbocycles. The van der Waals surface area contributed by atoms with Crippen LogP contribution in [-0.4, -0.2) is 28.3 Å². The largest absolute Gasteiger partial charge is 0.461 e. The van der Waals surface area contributed by atoms with Gasteiger partial charge in [-0.05, 0) is 53.2 Å². The van der Waals surface area contributed by atoms with Crippen LogP contribution in [0.2, 0.25) is 5.02 Å². The second-order valence-electron chi connectivity index (χ2n) is 6.18. The molecule has 0 saturated carbocycles. The first-order valence-corrected chi connectivity index (χ1v) is 11.0. The number of thiophene rings is 1. The van der Waals surface area contributed by atoms with Crippen LogP contribution in [0.5, 0.6) is 0 Å². The number of halogens is 2. The minimum absolute atomic E-state index is 0.0473. The van der Waals surface area contributed by atoms with Crippen LogP contribution < -0.4 is 10.9 Å². The number of hydrogen-bond acceptors (Lipinski definition) is 7. The highest BCUT2D eigenvalue weighted by Gasteiger charge is 2.24. The van der Waals surface area contributed by atoms with E-state index in [1.807, 2.05) is 0 Å². The van der Waals surface area contributed by atoms with Crippen molar-refractivity contribution in [3.8, 4) is 5.69 Å². The first-order chi connectivity index (χ1) is 14.9. The predicted molar refractivity (Wildman–Crippen MR) is 121 cm³/mol. The lowest BCUT2D eigenvalue weighted by Gasteiger charge is -2.10. The Bertz CT molecular complexity index is 1380. The number of carbonyl (C=O) groups excluding carboxylic acids is 2. The summed E-state index contributed by atoms with van der Waals surface area (Å²) in [7, 11) is 0. The molecule has 3 heterocycles. The van der Waals surface area contributed by atoms with Crippen molar-refractivity contribution in [2.45, 2.75) is 6.92 Å². The summed E-state index contributed by atoms with van der Waals surface area (Å²) in [4.78, 5) is 38.4. The van der Waals surface area contributed by atoms with E-state index < -0.39 is 17.4 Å². The average molecular weight is 523 g/mol. The second-order valence-corrected chi connectivity index (χ2v) is 8.27. The van der Waals surface area contributed by atoms with Gasteiger partial charge in [0.05, 0.1) is 17.7 Å². The van der Waals surface area contributed by atoms with Crippen molar-refractivity contribution in [1.82, 2.24) is 9.78 Å². The van der Waals surface area contributed by atoms with Crippen LogP contribution in [-0.2, 0) is 4.74 Å². The molecule has 0 fully saturated rings. The van der Waals surface area contributed by atoms with E-state index in [2.05, 4.69) is 26.3 Å². The molecule has 0 bridgehead atoms. The molecule has 0 aliphatic rings. The molecule has 0 atom stereocenters. The first-order valence-electron chi connectivity index (χ1n) is 8.93. The van der Waals surface area contributed by atoms with Gasteiger partial charge < -0.3 is 14.5 Å². The van der Waals surface area contributed by atoms with Crippen molar-refractivity contribution >= 4 is 66.5 Å². The van der Waals surface area contributed by atoms with Gasteiger partial charge in [-0.25, -0.2) is 4.79 Å². The summed E-state index contributed by atoms with van der Waals surface area (Å²) in [5.41, 5.74) is -0.209. The molecule has 0 saturated heterocycles. The maximum atomic E-state index is 13.3. The highest BCUT2D eigenvalue weighted by Crippen LogP contribution is 2.31. The van der Waals surface area contributed by atoms with Gasteiger partial charge in [-0.3, -0.25) is 9.59 Å². The molecule has 0 spiro atoms. The quantitative estimate of drug-likeness (QED) is 0.375. The Hall–Kier alpha value is -2.95. The highest BCUT2D eigenvalue weighted by atomic mass is 79.9. The minimum atomic E-state index is -0.686. The summed E-state index contributed by atoms with van der Waals surface area (Å²) in [5.74, 6) is -1.17. The fourth-order valence-corrected chi connectivity index (χ4v) is 4.30. The van der Waals surface area contributed by atoms with E-state index in [9.17, 15) is 14.4 Å². The van der Waals surface area contributed by atoms with Gasteiger partial charge in [-0.2, -0.15) is 9.78 Å². The fraction of sp³-hybridized carbons (Fsp3) is 0.100. The molecular weight excluding hydrogens is 510 g/mol. The molecule has 158 valence electrons. The first kappa shape index (κ1) is 21.3. The van der Waals surface area contributed by atoms with E-state index in [1.165, 1.54) is 6.07 Å². The number of nitrogens with zero attached hydrogens (tertiary/aromatic N) is 2. The van der Waals surface area contributed by atoms with E-state index in [-0.39, 0.29) is 33.8 Å². The Labute approximate surface area is 192 Å². The number of benzene rings is 1. The zero-order chi connectivity index (χ0) is 22.1. The number of furan rings is 1. The van der Waals surface area contributed by atoms with Crippen LogP contribution in [0.1, 0.15) is 28.0 Å². The summed E-state index contributed by atoms with van der Waals surface area (Å²) in [6, 6.07) is 9.55. The lowest BCUT2D eigenvalue weighted by atomic mass is 10.2. The minimum Gasteiger partial charge on any atom is -0.461 e. The molecule has 0 aliphatic heterocycles. The van der Waals surface area contributed by atoms with Crippen LogP contribution in [0.3, 0.4) is 0 Å². The fourth-order valence-electron chi connectivity index (χ4n) is 2.88. The van der Waals surface area contributed by atoms with Crippen molar-refractivity contribution in [3.63, 3.8) is 0 Å². The zero-order valence-electron chi connectivity index (χ0n) is 15.8. The van der Waals surface area contributed by atoms with Crippen molar-refractivity contribution in [2.24, 2.45) is 0 Å². The van der Waals surface area contributed by atoms with Crippen LogP contribution in [0, 0.1) is 0 Å². The van der Waals surface area contributed by atoms with Crippen molar-refractivity contribution in [2.75, 3.05) is 11.9 Å². The number of ether oxygens (including phenoxy) is 1. The van der Waals surface area contributed by atoms with E-state index >= 15 is 0 Å². The third-order valence-electron chi connectivity index (χ3n) is 4.20. The average Bonchev–Trinajstić information content (AvgIpc) is 3.35. The summed E-state index contributed by atoms with van der Waals surface area (Å²) in [5, 5.41) is 9.52. The lowest BCUT2D eigenvalue weighted by molar-refractivity contribution is 0.0520. The Morgan fingerprint density at radius 1 is 1.32 bits per heavy atom. The molecule has 3 aromatic heterocycles. The number of fused-ring (bicyclic) bond motifs is 1. The van der Waals surface area contributed by atoms with Crippen molar-refractivity contribution < 1.29 is 18.7 Å². The number of amides is 1. The third kappa shape index (κ3) is 4.14. The Morgan fingerprint density at radius 3 is 2.81 bits per heavy atom. The van der Waals surface area contributed by atoms with Crippen LogP contribution in [0.4, 0.5) is 5.00 Å². The second kappa shape index (κ2) is 8.66. The van der Waals surface area contributed by atoms with Gasteiger partial charge in [-0.15, -0.1) is 11.3 Å². The van der Waals surface area contributed by atoms with Crippen LogP contribution in [0.15, 0.2) is 55.7 Å². The van der Waals surface area contributed by atoms with Crippen molar-refractivity contribution in [3.05, 3.63) is 73.3 Å². The molecule has 1 amide bonds. The molecular formula is C20H13BrClN3O5S. The number of esters is 1. The number of nitrogens with one attached hydrogen (secondary N) is 1. The zero-order valence-corrected chi connectivity index (χ0v) is 19.0. The van der Waals surface area contributed by atoms with Gasteiger partial charge >= 0.3 is 5.97 Å². The smallest absolute Gasteiger partial charge is 0.359 e. The van der Waals surface area contributed by atoms with E-state index in [0.717, 1.165) is 16.0 Å². The van der Waals surface area contributed by atoms with Gasteiger partial charge in [-0.1, -0.05) is 17.7 Å². The predicted octanol–water partition coefficient (Wildman–Crippen LogP) is 4.89. The molecule has 1 N–H and O–H groups in total. The van der Waals surface area contributed by atoms with Gasteiger partial charge in [0.15, 0.2) is 16.1 Å². The van der Waals surface area contributed by atoms with Crippen LogP contribution in [0.25, 0.3) is 16.5 Å². The number of rotatable bonds is 5. The lowest BCUT2D eigenvalue weighted by Crippen LogP contribution is -2.25. The van der Waals surface area contributed by atoms with E-state index in [4.69, 9.17) is 20.8 Å². The van der Waals surface area contributed by atoms with E-state index in [0.29, 0.717) is 15.4 Å². The van der Waals surface area contributed by atoms with Gasteiger partial charge in [0.2, 0.25) is 0 Å². The standard InChI is InChI=1S/C20H13BrClN3O5S/c1-2-29-20(28)16-12-9-31-18(23-17(26)13-6-7-14(21)30-13)15(12)19(27)25(24-16)11-5-3-4-10(22)8-11/h3-9H,2H2,1H3,(H,23,26). The molecule has 31 heavy (non-hydrogen) atoms.